The van der Waals surface area contributed by atoms with E-state index in [-0.39, 0.29) is 6.10 Å². The average Bonchev–Trinajstić information content (AvgIpc) is 3.23. The maximum absolute atomic E-state index is 12.3. The first-order valence-electron chi connectivity index (χ1n) is 9.55. The van der Waals surface area contributed by atoms with Crippen LogP contribution in [0.2, 0.25) is 5.02 Å². The third-order valence-corrected chi connectivity index (χ3v) is 4.90. The van der Waals surface area contributed by atoms with Crippen LogP contribution in [0.15, 0.2) is 42.5 Å². The van der Waals surface area contributed by atoms with E-state index < -0.39 is 18.0 Å². The molecule has 0 spiro atoms. The summed E-state index contributed by atoms with van der Waals surface area (Å²) in [6.07, 6.45) is 1.22. The molecule has 1 saturated heterocycles. The first-order chi connectivity index (χ1) is 13.9. The molecule has 0 aliphatic carbocycles. The second kappa shape index (κ2) is 9.76. The first kappa shape index (κ1) is 21.1. The number of ether oxygens (including phenoxy) is 3. The van der Waals surface area contributed by atoms with Gasteiger partial charge in [-0.2, -0.15) is 0 Å². The van der Waals surface area contributed by atoms with Crippen LogP contribution in [0.5, 0.6) is 5.75 Å². The Balaban J connectivity index is 1.51. The Morgan fingerprint density at radius 1 is 1.24 bits per heavy atom. The van der Waals surface area contributed by atoms with Crippen LogP contribution in [0, 0.1) is 6.92 Å². The van der Waals surface area contributed by atoms with Gasteiger partial charge in [-0.25, -0.2) is 4.79 Å². The van der Waals surface area contributed by atoms with E-state index >= 15 is 0 Å². The summed E-state index contributed by atoms with van der Waals surface area (Å²) >= 11 is 5.96. The largest absolute Gasteiger partial charge is 0.491 e. The van der Waals surface area contributed by atoms with E-state index in [9.17, 15) is 9.59 Å². The summed E-state index contributed by atoms with van der Waals surface area (Å²) in [7, 11) is 0. The summed E-state index contributed by atoms with van der Waals surface area (Å²) in [6, 6.07) is 11.8. The maximum Gasteiger partial charge on any atom is 0.338 e. The quantitative estimate of drug-likeness (QED) is 0.676. The summed E-state index contributed by atoms with van der Waals surface area (Å²) in [5.41, 5.74) is 1.78. The van der Waals surface area contributed by atoms with Gasteiger partial charge >= 0.3 is 5.97 Å². The highest BCUT2D eigenvalue weighted by atomic mass is 35.5. The molecule has 0 saturated carbocycles. The number of aryl methyl sites for hydroxylation is 1. The van der Waals surface area contributed by atoms with Crippen molar-refractivity contribution < 1.29 is 23.8 Å². The molecule has 1 heterocycles. The van der Waals surface area contributed by atoms with Crippen molar-refractivity contribution in [2.75, 3.05) is 18.5 Å². The summed E-state index contributed by atoms with van der Waals surface area (Å²) in [5, 5.41) is 3.24. The predicted octanol–water partition coefficient (Wildman–Crippen LogP) is 4.39. The van der Waals surface area contributed by atoms with Crippen molar-refractivity contribution in [3.63, 3.8) is 0 Å². The molecule has 154 valence electrons. The fourth-order valence-electron chi connectivity index (χ4n) is 2.90. The highest BCUT2D eigenvalue weighted by Crippen LogP contribution is 2.21. The Labute approximate surface area is 175 Å². The standard InChI is InChI=1S/C22H24ClNO5/c1-14-5-8-17(23)12-20(14)24-21(25)15(2)29-22(26)16-6-9-18(10-7-16)28-13-19-4-3-11-27-19/h5-10,12,15,19H,3-4,11,13H2,1-2H3,(H,24,25)/t15-,19+/m0/s1. The molecule has 1 fully saturated rings. The summed E-state index contributed by atoms with van der Waals surface area (Å²) in [5.74, 6) is -0.361. The zero-order valence-electron chi connectivity index (χ0n) is 16.4. The lowest BCUT2D eigenvalue weighted by atomic mass is 10.2. The maximum atomic E-state index is 12.3. The SMILES string of the molecule is Cc1ccc(Cl)cc1NC(=O)[C@H](C)OC(=O)c1ccc(OC[C@H]2CCCO2)cc1. The summed E-state index contributed by atoms with van der Waals surface area (Å²) in [6.45, 7) is 4.64. The van der Waals surface area contributed by atoms with E-state index in [1.165, 1.54) is 6.92 Å². The molecule has 0 aromatic heterocycles. The number of nitrogens with one attached hydrogen (secondary N) is 1. The lowest BCUT2D eigenvalue weighted by molar-refractivity contribution is -0.123. The molecule has 0 radical (unpaired) electrons. The molecule has 6 nitrogen and oxygen atoms in total. The van der Waals surface area contributed by atoms with Crippen LogP contribution in [0.3, 0.4) is 0 Å². The second-order valence-corrected chi connectivity index (χ2v) is 7.40. The molecule has 2 atom stereocenters. The van der Waals surface area contributed by atoms with Gasteiger partial charge in [0.2, 0.25) is 0 Å². The topological polar surface area (TPSA) is 73.9 Å². The van der Waals surface area contributed by atoms with Crippen LogP contribution in [0.25, 0.3) is 0 Å². The van der Waals surface area contributed by atoms with Crippen LogP contribution in [0.1, 0.15) is 35.7 Å². The third kappa shape index (κ3) is 5.95. The van der Waals surface area contributed by atoms with Crippen molar-refractivity contribution in [2.45, 2.75) is 38.9 Å². The van der Waals surface area contributed by atoms with Gasteiger partial charge in [0.05, 0.1) is 11.7 Å². The molecule has 3 rings (SSSR count). The number of esters is 1. The number of carbonyl (C=O) groups is 2. The minimum Gasteiger partial charge on any atom is -0.491 e. The van der Waals surface area contributed by atoms with Crippen molar-refractivity contribution in [3.8, 4) is 5.75 Å². The monoisotopic (exact) mass is 417 g/mol. The number of hydrogen-bond donors (Lipinski definition) is 1. The van der Waals surface area contributed by atoms with Crippen LogP contribution in [-0.2, 0) is 14.3 Å². The number of rotatable bonds is 7. The molecule has 29 heavy (non-hydrogen) atoms. The van der Waals surface area contributed by atoms with Crippen molar-refractivity contribution >= 4 is 29.2 Å². The van der Waals surface area contributed by atoms with E-state index in [2.05, 4.69) is 5.32 Å². The first-order valence-corrected chi connectivity index (χ1v) is 9.92. The minimum absolute atomic E-state index is 0.127. The van der Waals surface area contributed by atoms with Crippen molar-refractivity contribution in [3.05, 3.63) is 58.6 Å². The van der Waals surface area contributed by atoms with Gasteiger partial charge in [-0.15, -0.1) is 0 Å². The highest BCUT2D eigenvalue weighted by molar-refractivity contribution is 6.31. The summed E-state index contributed by atoms with van der Waals surface area (Å²) < 4.78 is 16.5. The Hall–Kier alpha value is -2.57. The van der Waals surface area contributed by atoms with Crippen LogP contribution >= 0.6 is 11.6 Å². The van der Waals surface area contributed by atoms with E-state index in [1.807, 2.05) is 6.92 Å². The fourth-order valence-corrected chi connectivity index (χ4v) is 3.07. The Morgan fingerprint density at radius 3 is 2.69 bits per heavy atom. The number of benzene rings is 2. The van der Waals surface area contributed by atoms with E-state index in [4.69, 9.17) is 25.8 Å². The average molecular weight is 418 g/mol. The Morgan fingerprint density at radius 2 is 2.00 bits per heavy atom. The number of carbonyl (C=O) groups excluding carboxylic acids is 2. The molecule has 1 aliphatic heterocycles. The van der Waals surface area contributed by atoms with Gasteiger partial charge in [0.25, 0.3) is 5.91 Å². The van der Waals surface area contributed by atoms with Gasteiger partial charge in [0, 0.05) is 17.3 Å². The molecule has 2 aromatic rings. The molecule has 1 amide bonds. The van der Waals surface area contributed by atoms with Crippen LogP contribution < -0.4 is 10.1 Å². The van der Waals surface area contributed by atoms with E-state index in [0.29, 0.717) is 28.6 Å². The molecule has 0 unspecified atom stereocenters. The van der Waals surface area contributed by atoms with Gasteiger partial charge < -0.3 is 19.5 Å². The predicted molar refractivity (Wildman–Crippen MR) is 111 cm³/mol. The third-order valence-electron chi connectivity index (χ3n) is 4.66. The van der Waals surface area contributed by atoms with Gasteiger partial charge in [-0.1, -0.05) is 17.7 Å². The van der Waals surface area contributed by atoms with Crippen LogP contribution in [-0.4, -0.2) is 37.3 Å². The normalized spacial score (nSPS) is 16.9. The number of hydrogen-bond acceptors (Lipinski definition) is 5. The van der Waals surface area contributed by atoms with Gasteiger partial charge in [-0.3, -0.25) is 4.79 Å². The minimum atomic E-state index is -0.962. The van der Waals surface area contributed by atoms with Gasteiger partial charge in [0.15, 0.2) is 6.10 Å². The molecule has 0 bridgehead atoms. The Kier molecular flexibility index (Phi) is 7.12. The zero-order chi connectivity index (χ0) is 20.8. The molecule has 2 aromatic carbocycles. The van der Waals surface area contributed by atoms with Gasteiger partial charge in [-0.05, 0) is 68.7 Å². The molecular formula is C22H24ClNO5. The fraction of sp³-hybridized carbons (Fsp3) is 0.364. The summed E-state index contributed by atoms with van der Waals surface area (Å²) in [4.78, 5) is 24.7. The molecular weight excluding hydrogens is 394 g/mol. The molecule has 1 N–H and O–H groups in total. The van der Waals surface area contributed by atoms with E-state index in [0.717, 1.165) is 25.0 Å². The molecule has 1 aliphatic rings. The zero-order valence-corrected chi connectivity index (χ0v) is 17.2. The van der Waals surface area contributed by atoms with Crippen molar-refractivity contribution in [1.29, 1.82) is 0 Å². The van der Waals surface area contributed by atoms with Crippen molar-refractivity contribution in [1.82, 2.24) is 0 Å². The lowest BCUT2D eigenvalue weighted by Crippen LogP contribution is -2.30. The number of amides is 1. The lowest BCUT2D eigenvalue weighted by Gasteiger charge is -2.15. The molecule has 7 heteroatoms. The number of anilines is 1. The van der Waals surface area contributed by atoms with Gasteiger partial charge in [0.1, 0.15) is 12.4 Å². The van der Waals surface area contributed by atoms with Crippen molar-refractivity contribution in [2.24, 2.45) is 0 Å². The second-order valence-electron chi connectivity index (χ2n) is 6.97. The number of halogens is 1. The van der Waals surface area contributed by atoms with Crippen LogP contribution in [0.4, 0.5) is 5.69 Å². The Bertz CT molecular complexity index is 862. The highest BCUT2D eigenvalue weighted by Gasteiger charge is 2.20. The van der Waals surface area contributed by atoms with E-state index in [1.54, 1.807) is 42.5 Å². The smallest absolute Gasteiger partial charge is 0.338 e.